The quantitative estimate of drug-likeness (QED) is 0.757. The molecule has 2 N–H and O–H groups in total. The number of carboxylic acid groups (broad SMARTS) is 1. The van der Waals surface area contributed by atoms with Crippen LogP contribution in [0.3, 0.4) is 0 Å². The molecule has 2 fully saturated rings. The SMILES string of the molecule is O=C(O)CC1CCN(C(=O)N2CCCN(CCO)CC2)C1. The Bertz CT molecular complexity index is 377. The molecule has 0 aromatic heterocycles. The molecule has 0 radical (unpaired) electrons. The fourth-order valence-corrected chi connectivity index (χ4v) is 3.15. The minimum Gasteiger partial charge on any atom is -0.481 e. The highest BCUT2D eigenvalue weighted by Gasteiger charge is 2.31. The summed E-state index contributed by atoms with van der Waals surface area (Å²) in [6, 6.07) is 0.0359. The van der Waals surface area contributed by atoms with Crippen molar-refractivity contribution in [2.75, 3.05) is 52.4 Å². The number of likely N-dealkylation sites (tertiary alicyclic amines) is 1. The Balaban J connectivity index is 1.82. The topological polar surface area (TPSA) is 84.3 Å². The Hall–Kier alpha value is -1.34. The van der Waals surface area contributed by atoms with Gasteiger partial charge in [-0.1, -0.05) is 0 Å². The Labute approximate surface area is 125 Å². The van der Waals surface area contributed by atoms with Crippen molar-refractivity contribution in [3.8, 4) is 0 Å². The first-order valence-corrected chi connectivity index (χ1v) is 7.69. The van der Waals surface area contributed by atoms with Gasteiger partial charge in [-0.15, -0.1) is 0 Å². The van der Waals surface area contributed by atoms with Crippen molar-refractivity contribution in [2.24, 2.45) is 5.92 Å². The maximum Gasteiger partial charge on any atom is 0.320 e. The van der Waals surface area contributed by atoms with Gasteiger partial charge in [-0.2, -0.15) is 0 Å². The smallest absolute Gasteiger partial charge is 0.320 e. The molecule has 1 atom stereocenters. The summed E-state index contributed by atoms with van der Waals surface area (Å²) in [6.07, 6.45) is 1.84. The highest BCUT2D eigenvalue weighted by Crippen LogP contribution is 2.21. The molecule has 1 unspecified atom stereocenters. The number of aliphatic carboxylic acids is 1. The number of carboxylic acids is 1. The molecule has 7 nitrogen and oxygen atoms in total. The van der Waals surface area contributed by atoms with Gasteiger partial charge >= 0.3 is 12.0 Å². The van der Waals surface area contributed by atoms with Crippen LogP contribution in [-0.2, 0) is 4.79 Å². The van der Waals surface area contributed by atoms with Gasteiger partial charge in [-0.25, -0.2) is 4.79 Å². The number of aliphatic hydroxyl groups excluding tert-OH is 1. The van der Waals surface area contributed by atoms with Crippen LogP contribution in [0.25, 0.3) is 0 Å². The van der Waals surface area contributed by atoms with E-state index in [1.807, 2.05) is 4.90 Å². The zero-order chi connectivity index (χ0) is 15.2. The van der Waals surface area contributed by atoms with Crippen LogP contribution in [0.1, 0.15) is 19.3 Å². The highest BCUT2D eigenvalue weighted by molar-refractivity contribution is 5.75. The molecule has 7 heteroatoms. The van der Waals surface area contributed by atoms with Gasteiger partial charge < -0.3 is 20.0 Å². The summed E-state index contributed by atoms with van der Waals surface area (Å²) >= 11 is 0. The Kier molecular flexibility index (Phi) is 5.81. The van der Waals surface area contributed by atoms with Crippen molar-refractivity contribution < 1.29 is 19.8 Å². The lowest BCUT2D eigenvalue weighted by atomic mass is 10.1. The molecule has 2 aliphatic heterocycles. The molecule has 2 saturated heterocycles. The number of nitrogens with zero attached hydrogens (tertiary/aromatic N) is 3. The molecule has 0 saturated carbocycles. The first kappa shape index (κ1) is 16.0. The van der Waals surface area contributed by atoms with Crippen LogP contribution in [-0.4, -0.2) is 89.3 Å². The van der Waals surface area contributed by atoms with Crippen LogP contribution in [0.5, 0.6) is 0 Å². The predicted octanol–water partition coefficient (Wildman–Crippen LogP) is -0.0970. The molecule has 0 spiro atoms. The van der Waals surface area contributed by atoms with Gasteiger partial charge in [0.15, 0.2) is 0 Å². The lowest BCUT2D eigenvalue weighted by Gasteiger charge is -2.27. The average molecular weight is 299 g/mol. The Morgan fingerprint density at radius 1 is 1.05 bits per heavy atom. The van der Waals surface area contributed by atoms with E-state index < -0.39 is 5.97 Å². The average Bonchev–Trinajstić information content (AvgIpc) is 2.76. The van der Waals surface area contributed by atoms with Crippen LogP contribution in [0, 0.1) is 5.92 Å². The van der Waals surface area contributed by atoms with Gasteiger partial charge in [0.2, 0.25) is 0 Å². The minimum atomic E-state index is -0.788. The summed E-state index contributed by atoms with van der Waals surface area (Å²) in [5.74, 6) is -0.701. The molecular formula is C14H25N3O4. The van der Waals surface area contributed by atoms with Crippen LogP contribution in [0.2, 0.25) is 0 Å². The standard InChI is InChI=1S/C14H25N3O4/c18-9-8-15-3-1-4-16(7-6-15)14(21)17-5-2-12(11-17)10-13(19)20/h12,18H,1-11H2,(H,19,20). The van der Waals surface area contributed by atoms with E-state index in [2.05, 4.69) is 4.90 Å². The van der Waals surface area contributed by atoms with Crippen molar-refractivity contribution >= 4 is 12.0 Å². The first-order chi connectivity index (χ1) is 10.1. The number of hydrogen-bond donors (Lipinski definition) is 2. The van der Waals surface area contributed by atoms with E-state index >= 15 is 0 Å². The summed E-state index contributed by atoms with van der Waals surface area (Å²) in [5.41, 5.74) is 0. The molecule has 120 valence electrons. The number of rotatable bonds is 4. The molecule has 2 rings (SSSR count). The second-order valence-corrected chi connectivity index (χ2v) is 5.89. The molecular weight excluding hydrogens is 274 g/mol. The molecule has 0 aromatic rings. The molecule has 0 bridgehead atoms. The van der Waals surface area contributed by atoms with Crippen molar-refractivity contribution in [2.45, 2.75) is 19.3 Å². The number of aliphatic hydroxyl groups is 1. The Morgan fingerprint density at radius 2 is 1.86 bits per heavy atom. The van der Waals surface area contributed by atoms with Gasteiger partial charge in [0.05, 0.1) is 6.61 Å². The number of hydrogen-bond acceptors (Lipinski definition) is 4. The normalized spacial score (nSPS) is 24.1. The zero-order valence-corrected chi connectivity index (χ0v) is 12.4. The number of carbonyl (C=O) groups excluding carboxylic acids is 1. The maximum atomic E-state index is 12.5. The molecule has 0 aromatic carbocycles. The van der Waals surface area contributed by atoms with Gasteiger partial charge in [0, 0.05) is 45.7 Å². The number of carbonyl (C=O) groups is 2. The fourth-order valence-electron chi connectivity index (χ4n) is 3.15. The van der Waals surface area contributed by atoms with Crippen molar-refractivity contribution in [1.29, 1.82) is 0 Å². The van der Waals surface area contributed by atoms with E-state index in [1.165, 1.54) is 0 Å². The van der Waals surface area contributed by atoms with E-state index in [1.54, 1.807) is 4.90 Å². The largest absolute Gasteiger partial charge is 0.481 e. The zero-order valence-electron chi connectivity index (χ0n) is 12.4. The second kappa shape index (κ2) is 7.61. The van der Waals surface area contributed by atoms with Gasteiger partial charge in [0.25, 0.3) is 0 Å². The van der Waals surface area contributed by atoms with Gasteiger partial charge in [-0.05, 0) is 25.3 Å². The molecule has 2 aliphatic rings. The maximum absolute atomic E-state index is 12.5. The van der Waals surface area contributed by atoms with E-state index in [9.17, 15) is 9.59 Å². The third kappa shape index (κ3) is 4.57. The summed E-state index contributed by atoms with van der Waals surface area (Å²) < 4.78 is 0. The number of β-amino-alcohol motifs (C(OH)–C–C–N with tert-alkyl or cyclic N) is 1. The van der Waals surface area contributed by atoms with Crippen LogP contribution < -0.4 is 0 Å². The number of amides is 2. The monoisotopic (exact) mass is 299 g/mol. The van der Waals surface area contributed by atoms with E-state index in [0.29, 0.717) is 26.2 Å². The first-order valence-electron chi connectivity index (χ1n) is 7.69. The lowest BCUT2D eigenvalue weighted by Crippen LogP contribution is -2.44. The third-order valence-electron chi connectivity index (χ3n) is 4.29. The molecule has 2 amide bonds. The molecule has 0 aliphatic carbocycles. The Morgan fingerprint density at radius 3 is 2.57 bits per heavy atom. The second-order valence-electron chi connectivity index (χ2n) is 5.89. The summed E-state index contributed by atoms with van der Waals surface area (Å²) in [4.78, 5) is 29.0. The summed E-state index contributed by atoms with van der Waals surface area (Å²) in [7, 11) is 0. The highest BCUT2D eigenvalue weighted by atomic mass is 16.4. The van der Waals surface area contributed by atoms with E-state index in [-0.39, 0.29) is 25.0 Å². The van der Waals surface area contributed by atoms with Gasteiger partial charge in [-0.3, -0.25) is 9.69 Å². The van der Waals surface area contributed by atoms with Crippen LogP contribution in [0.15, 0.2) is 0 Å². The lowest BCUT2D eigenvalue weighted by molar-refractivity contribution is -0.138. The van der Waals surface area contributed by atoms with Crippen LogP contribution >= 0.6 is 0 Å². The third-order valence-corrected chi connectivity index (χ3v) is 4.29. The van der Waals surface area contributed by atoms with Crippen LogP contribution in [0.4, 0.5) is 4.79 Å². The molecule has 21 heavy (non-hydrogen) atoms. The van der Waals surface area contributed by atoms with E-state index in [4.69, 9.17) is 10.2 Å². The predicted molar refractivity (Wildman–Crippen MR) is 77.0 cm³/mol. The minimum absolute atomic E-state index is 0.0359. The summed E-state index contributed by atoms with van der Waals surface area (Å²) in [6.45, 7) is 5.14. The van der Waals surface area contributed by atoms with Crippen molar-refractivity contribution in [3.63, 3.8) is 0 Å². The van der Waals surface area contributed by atoms with Gasteiger partial charge in [0.1, 0.15) is 0 Å². The van der Waals surface area contributed by atoms with Crippen molar-refractivity contribution in [1.82, 2.24) is 14.7 Å². The molecule has 2 heterocycles. The number of urea groups is 1. The summed E-state index contributed by atoms with van der Waals surface area (Å²) in [5, 5.41) is 17.8. The fraction of sp³-hybridized carbons (Fsp3) is 0.857. The van der Waals surface area contributed by atoms with Crippen molar-refractivity contribution in [3.05, 3.63) is 0 Å². The van der Waals surface area contributed by atoms with E-state index in [0.717, 1.165) is 32.5 Å².